The molecule has 2 aromatic rings. The third-order valence-corrected chi connectivity index (χ3v) is 4.26. The quantitative estimate of drug-likeness (QED) is 0.801. The lowest BCUT2D eigenvalue weighted by molar-refractivity contribution is -0.117. The van der Waals surface area contributed by atoms with E-state index in [1.54, 1.807) is 13.8 Å². The highest BCUT2D eigenvalue weighted by Gasteiger charge is 2.17. The van der Waals surface area contributed by atoms with Crippen LogP contribution in [0.5, 0.6) is 0 Å². The maximum atomic E-state index is 12.5. The van der Waals surface area contributed by atoms with E-state index in [9.17, 15) is 9.59 Å². The normalized spacial score (nSPS) is 12.8. The Balaban J connectivity index is 2.45. The van der Waals surface area contributed by atoms with E-state index in [0.29, 0.717) is 5.69 Å². The van der Waals surface area contributed by atoms with Crippen LogP contribution in [0.4, 0.5) is 5.69 Å². The molecular formula is C20H27N3O2. The SMILES string of the molecule is Cc1cc(C(C)(C)C)ccc1-c1cc(=O)c(NC(=O)[C@@H](C)N)c(C)[nH]1. The van der Waals surface area contributed by atoms with E-state index in [-0.39, 0.29) is 22.4 Å². The van der Waals surface area contributed by atoms with Crippen LogP contribution in [0.25, 0.3) is 11.3 Å². The molecule has 25 heavy (non-hydrogen) atoms. The molecule has 1 aromatic carbocycles. The molecular weight excluding hydrogens is 314 g/mol. The van der Waals surface area contributed by atoms with Crippen molar-refractivity contribution in [3.8, 4) is 11.3 Å². The second kappa shape index (κ2) is 6.84. The van der Waals surface area contributed by atoms with Crippen LogP contribution < -0.4 is 16.5 Å². The summed E-state index contributed by atoms with van der Waals surface area (Å²) < 4.78 is 0. The fourth-order valence-electron chi connectivity index (χ4n) is 2.66. The van der Waals surface area contributed by atoms with Gasteiger partial charge in [-0.25, -0.2) is 0 Å². The van der Waals surface area contributed by atoms with Crippen molar-refractivity contribution in [2.45, 2.75) is 53.0 Å². The van der Waals surface area contributed by atoms with Crippen LogP contribution in [0.2, 0.25) is 0 Å². The number of anilines is 1. The van der Waals surface area contributed by atoms with Crippen LogP contribution in [0, 0.1) is 13.8 Å². The number of nitrogens with two attached hydrogens (primary N) is 1. The Morgan fingerprint density at radius 1 is 1.20 bits per heavy atom. The van der Waals surface area contributed by atoms with Gasteiger partial charge in [-0.05, 0) is 37.3 Å². The minimum Gasteiger partial charge on any atom is -0.357 e. The molecule has 5 heteroatoms. The average Bonchev–Trinajstić information content (AvgIpc) is 2.49. The highest BCUT2D eigenvalue weighted by molar-refractivity contribution is 5.94. The predicted molar refractivity (Wildman–Crippen MR) is 103 cm³/mol. The van der Waals surface area contributed by atoms with Gasteiger partial charge in [-0.3, -0.25) is 9.59 Å². The van der Waals surface area contributed by atoms with Crippen LogP contribution in [-0.4, -0.2) is 16.9 Å². The van der Waals surface area contributed by atoms with Crippen molar-refractivity contribution in [1.29, 1.82) is 0 Å². The lowest BCUT2D eigenvalue weighted by atomic mass is 9.85. The topological polar surface area (TPSA) is 88.0 Å². The first-order valence-corrected chi connectivity index (χ1v) is 8.42. The summed E-state index contributed by atoms with van der Waals surface area (Å²) in [7, 11) is 0. The van der Waals surface area contributed by atoms with Crippen molar-refractivity contribution in [1.82, 2.24) is 4.98 Å². The molecule has 0 unspecified atom stereocenters. The smallest absolute Gasteiger partial charge is 0.241 e. The summed E-state index contributed by atoms with van der Waals surface area (Å²) >= 11 is 0. The van der Waals surface area contributed by atoms with Gasteiger partial charge in [0.05, 0.1) is 6.04 Å². The molecule has 0 bridgehead atoms. The zero-order valence-corrected chi connectivity index (χ0v) is 15.8. The number of hydrogen-bond donors (Lipinski definition) is 3. The maximum Gasteiger partial charge on any atom is 0.241 e. The van der Waals surface area contributed by atoms with Crippen molar-refractivity contribution in [2.24, 2.45) is 5.73 Å². The van der Waals surface area contributed by atoms with E-state index < -0.39 is 6.04 Å². The summed E-state index contributed by atoms with van der Waals surface area (Å²) in [6, 6.07) is 7.10. The van der Waals surface area contributed by atoms with Gasteiger partial charge in [-0.15, -0.1) is 0 Å². The van der Waals surface area contributed by atoms with Crippen LogP contribution >= 0.6 is 0 Å². The molecule has 1 atom stereocenters. The first-order valence-electron chi connectivity index (χ1n) is 8.42. The first kappa shape index (κ1) is 18.9. The Morgan fingerprint density at radius 3 is 2.32 bits per heavy atom. The number of aromatic amines is 1. The second-order valence-corrected chi connectivity index (χ2v) is 7.60. The molecule has 4 N–H and O–H groups in total. The zero-order valence-electron chi connectivity index (χ0n) is 15.8. The fraction of sp³-hybridized carbons (Fsp3) is 0.400. The van der Waals surface area contributed by atoms with Crippen LogP contribution in [0.3, 0.4) is 0 Å². The fourth-order valence-corrected chi connectivity index (χ4v) is 2.66. The Morgan fingerprint density at radius 2 is 1.84 bits per heavy atom. The van der Waals surface area contributed by atoms with E-state index in [2.05, 4.69) is 43.2 Å². The summed E-state index contributed by atoms with van der Waals surface area (Å²) in [6.07, 6.45) is 0. The summed E-state index contributed by atoms with van der Waals surface area (Å²) in [5, 5.41) is 2.59. The summed E-state index contributed by atoms with van der Waals surface area (Å²) in [5.41, 5.74) is 10.3. The number of rotatable bonds is 3. The van der Waals surface area contributed by atoms with E-state index in [0.717, 1.165) is 16.8 Å². The lowest BCUT2D eigenvalue weighted by Gasteiger charge is -2.21. The lowest BCUT2D eigenvalue weighted by Crippen LogP contribution is -2.34. The molecule has 0 saturated heterocycles. The van der Waals surface area contributed by atoms with Gasteiger partial charge in [-0.1, -0.05) is 39.0 Å². The third kappa shape index (κ3) is 4.17. The Labute approximate surface area is 148 Å². The molecule has 0 aliphatic carbocycles. The van der Waals surface area contributed by atoms with E-state index in [4.69, 9.17) is 5.73 Å². The largest absolute Gasteiger partial charge is 0.357 e. The van der Waals surface area contributed by atoms with Gasteiger partial charge in [0.25, 0.3) is 0 Å². The highest BCUT2D eigenvalue weighted by Crippen LogP contribution is 2.28. The molecule has 2 rings (SSSR count). The molecule has 5 nitrogen and oxygen atoms in total. The van der Waals surface area contributed by atoms with E-state index >= 15 is 0 Å². The summed E-state index contributed by atoms with van der Waals surface area (Å²) in [4.78, 5) is 27.4. The number of benzene rings is 1. The standard InChI is InChI=1S/C20H27N3O2/c1-11-9-14(20(4,5)6)7-8-15(11)16-10-17(24)18(13(3)22-16)23-19(25)12(2)21/h7-10,12H,21H2,1-6H3,(H,22,24)(H,23,25)/t12-/m1/s1. The van der Waals surface area contributed by atoms with Crippen LogP contribution in [0.15, 0.2) is 29.1 Å². The molecule has 1 amide bonds. The van der Waals surface area contributed by atoms with E-state index in [1.165, 1.54) is 11.6 Å². The van der Waals surface area contributed by atoms with Crippen molar-refractivity contribution >= 4 is 11.6 Å². The monoisotopic (exact) mass is 341 g/mol. The average molecular weight is 341 g/mol. The molecule has 0 radical (unpaired) electrons. The Bertz CT molecular complexity index is 858. The molecule has 0 aliphatic heterocycles. The zero-order chi connectivity index (χ0) is 18.9. The first-order chi connectivity index (χ1) is 11.5. The number of carbonyl (C=O) groups excluding carboxylic acids is 1. The number of aryl methyl sites for hydroxylation is 2. The van der Waals surface area contributed by atoms with E-state index in [1.807, 2.05) is 13.0 Å². The van der Waals surface area contributed by atoms with Gasteiger partial charge < -0.3 is 16.0 Å². The number of pyridine rings is 1. The van der Waals surface area contributed by atoms with Crippen molar-refractivity contribution in [2.75, 3.05) is 5.32 Å². The van der Waals surface area contributed by atoms with Gasteiger partial charge in [0.1, 0.15) is 5.69 Å². The van der Waals surface area contributed by atoms with Crippen molar-refractivity contribution < 1.29 is 4.79 Å². The van der Waals surface area contributed by atoms with Gasteiger partial charge in [-0.2, -0.15) is 0 Å². The molecule has 1 aromatic heterocycles. The highest BCUT2D eigenvalue weighted by atomic mass is 16.2. The number of aromatic nitrogens is 1. The molecule has 0 aliphatic rings. The van der Waals surface area contributed by atoms with Crippen LogP contribution in [-0.2, 0) is 10.2 Å². The van der Waals surface area contributed by atoms with Crippen molar-refractivity contribution in [3.05, 3.63) is 51.3 Å². The molecule has 0 fully saturated rings. The minimum atomic E-state index is -0.675. The Kier molecular flexibility index (Phi) is 5.18. The number of carbonyl (C=O) groups is 1. The van der Waals surface area contributed by atoms with Gasteiger partial charge in [0, 0.05) is 23.0 Å². The van der Waals surface area contributed by atoms with Gasteiger partial charge >= 0.3 is 0 Å². The third-order valence-electron chi connectivity index (χ3n) is 4.26. The molecule has 0 saturated carbocycles. The van der Waals surface area contributed by atoms with Crippen LogP contribution in [0.1, 0.15) is 44.5 Å². The Hall–Kier alpha value is -2.40. The molecule has 0 spiro atoms. The van der Waals surface area contributed by atoms with Crippen molar-refractivity contribution in [3.63, 3.8) is 0 Å². The second-order valence-electron chi connectivity index (χ2n) is 7.60. The van der Waals surface area contributed by atoms with Gasteiger partial charge in [0.15, 0.2) is 0 Å². The summed E-state index contributed by atoms with van der Waals surface area (Å²) in [5.74, 6) is -0.382. The number of amides is 1. The van der Waals surface area contributed by atoms with Gasteiger partial charge in [0.2, 0.25) is 11.3 Å². The molecule has 1 heterocycles. The molecule has 134 valence electrons. The summed E-state index contributed by atoms with van der Waals surface area (Å²) in [6.45, 7) is 11.9. The number of hydrogen-bond acceptors (Lipinski definition) is 3. The maximum absolute atomic E-state index is 12.5. The number of nitrogens with one attached hydrogen (secondary N) is 2. The number of H-pyrrole nitrogens is 1. The minimum absolute atomic E-state index is 0.0691. The predicted octanol–water partition coefficient (Wildman–Crippen LogP) is 3.24.